The van der Waals surface area contributed by atoms with Crippen LogP contribution in [0.25, 0.3) is 11.6 Å². The Bertz CT molecular complexity index is 737. The van der Waals surface area contributed by atoms with Crippen LogP contribution in [0.1, 0.15) is 26.2 Å². The Kier molecular flexibility index (Phi) is 5.42. The van der Waals surface area contributed by atoms with Gasteiger partial charge < -0.3 is 15.1 Å². The summed E-state index contributed by atoms with van der Waals surface area (Å²) < 4.78 is 7.17. The minimum absolute atomic E-state index is 0.103. The zero-order valence-electron chi connectivity index (χ0n) is 14.1. The molecular weight excluding hydrogens is 342 g/mol. The Balaban J connectivity index is 1.79. The van der Waals surface area contributed by atoms with Crippen molar-refractivity contribution in [2.24, 2.45) is 5.73 Å². The summed E-state index contributed by atoms with van der Waals surface area (Å²) in [4.78, 5) is 25.6. The van der Waals surface area contributed by atoms with E-state index in [4.69, 9.17) is 10.2 Å². The number of likely N-dealkylation sites (tertiary alicyclic amines) is 1. The van der Waals surface area contributed by atoms with Crippen molar-refractivity contribution in [1.29, 1.82) is 0 Å². The number of aromatic nitrogens is 3. The maximum absolute atomic E-state index is 12.5. The normalized spacial score (nSPS) is 15.5. The third-order valence-electron chi connectivity index (χ3n) is 4.09. The van der Waals surface area contributed by atoms with Gasteiger partial charge in [-0.3, -0.25) is 14.2 Å². The highest BCUT2D eigenvalue weighted by atomic mass is 32.2. The number of carbonyl (C=O) groups is 2. The lowest BCUT2D eigenvalue weighted by molar-refractivity contribution is -0.129. The highest BCUT2D eigenvalue weighted by molar-refractivity contribution is 8.00. The molecule has 0 aliphatic carbocycles. The van der Waals surface area contributed by atoms with E-state index >= 15 is 0 Å². The second-order valence-electron chi connectivity index (χ2n) is 5.94. The monoisotopic (exact) mass is 363 g/mol. The van der Waals surface area contributed by atoms with E-state index in [2.05, 4.69) is 10.2 Å². The molecule has 3 heterocycles. The molecule has 1 aliphatic rings. The summed E-state index contributed by atoms with van der Waals surface area (Å²) in [6, 6.07) is 3.53. The molecule has 0 saturated carbocycles. The van der Waals surface area contributed by atoms with Crippen molar-refractivity contribution in [2.75, 3.05) is 13.1 Å². The van der Waals surface area contributed by atoms with Crippen LogP contribution in [0.2, 0.25) is 0 Å². The molecule has 2 aromatic rings. The molecule has 2 N–H and O–H groups in total. The van der Waals surface area contributed by atoms with Crippen molar-refractivity contribution in [1.82, 2.24) is 19.7 Å². The van der Waals surface area contributed by atoms with E-state index < -0.39 is 5.91 Å². The summed E-state index contributed by atoms with van der Waals surface area (Å²) in [6.45, 7) is 3.84. The Morgan fingerprint density at radius 2 is 2.12 bits per heavy atom. The molecule has 2 aromatic heterocycles. The fourth-order valence-corrected chi connectivity index (χ4v) is 3.75. The third kappa shape index (κ3) is 4.04. The van der Waals surface area contributed by atoms with Gasteiger partial charge >= 0.3 is 0 Å². The van der Waals surface area contributed by atoms with Gasteiger partial charge in [0.1, 0.15) is 0 Å². The van der Waals surface area contributed by atoms with Gasteiger partial charge in [-0.1, -0.05) is 11.8 Å². The lowest BCUT2D eigenvalue weighted by Crippen LogP contribution is -2.34. The molecule has 1 atom stereocenters. The summed E-state index contributed by atoms with van der Waals surface area (Å²) in [5.74, 6) is 0.777. The van der Waals surface area contributed by atoms with Gasteiger partial charge in [0.05, 0.1) is 11.5 Å². The number of carbonyl (C=O) groups excluding carboxylic acids is 2. The summed E-state index contributed by atoms with van der Waals surface area (Å²) in [5, 5.41) is 8.66. The smallest absolute Gasteiger partial charge is 0.235 e. The highest BCUT2D eigenvalue weighted by Gasteiger charge is 2.26. The van der Waals surface area contributed by atoms with E-state index in [1.807, 2.05) is 11.8 Å². The second-order valence-corrected chi connectivity index (χ2v) is 7.25. The SMILES string of the molecule is CC(Sc1nnc(-c2ccco2)n1CCC(N)=O)C(=O)N1CCCC1. The van der Waals surface area contributed by atoms with Gasteiger partial charge in [0.2, 0.25) is 11.8 Å². The maximum atomic E-state index is 12.5. The van der Waals surface area contributed by atoms with Gasteiger partial charge in [-0.05, 0) is 31.9 Å². The van der Waals surface area contributed by atoms with E-state index in [1.54, 1.807) is 23.0 Å². The van der Waals surface area contributed by atoms with Crippen LogP contribution in [0.3, 0.4) is 0 Å². The number of amides is 2. The highest BCUT2D eigenvalue weighted by Crippen LogP contribution is 2.28. The van der Waals surface area contributed by atoms with Gasteiger partial charge in [0.25, 0.3) is 0 Å². The predicted octanol–water partition coefficient (Wildman–Crippen LogP) is 1.52. The summed E-state index contributed by atoms with van der Waals surface area (Å²) in [7, 11) is 0. The number of rotatable bonds is 7. The molecule has 1 unspecified atom stereocenters. The minimum atomic E-state index is -0.406. The Hall–Kier alpha value is -2.29. The number of nitrogens with two attached hydrogens (primary N) is 1. The van der Waals surface area contributed by atoms with Crippen molar-refractivity contribution in [3.05, 3.63) is 18.4 Å². The van der Waals surface area contributed by atoms with Crippen molar-refractivity contribution in [2.45, 2.75) is 43.1 Å². The van der Waals surface area contributed by atoms with Gasteiger partial charge in [-0.2, -0.15) is 0 Å². The third-order valence-corrected chi connectivity index (χ3v) is 5.16. The number of primary amides is 1. The van der Waals surface area contributed by atoms with E-state index in [0.29, 0.717) is 23.3 Å². The largest absolute Gasteiger partial charge is 0.461 e. The molecule has 9 heteroatoms. The fourth-order valence-electron chi connectivity index (χ4n) is 2.79. The fraction of sp³-hybridized carbons (Fsp3) is 0.500. The molecule has 0 aromatic carbocycles. The van der Waals surface area contributed by atoms with Crippen LogP contribution in [0.5, 0.6) is 0 Å². The zero-order valence-corrected chi connectivity index (χ0v) is 14.9. The van der Waals surface area contributed by atoms with Crippen LogP contribution in [0.15, 0.2) is 28.0 Å². The lowest BCUT2D eigenvalue weighted by atomic mass is 10.3. The molecule has 8 nitrogen and oxygen atoms in total. The van der Waals surface area contributed by atoms with Crippen molar-refractivity contribution < 1.29 is 14.0 Å². The topological polar surface area (TPSA) is 107 Å². The van der Waals surface area contributed by atoms with Crippen LogP contribution < -0.4 is 5.73 Å². The van der Waals surface area contributed by atoms with Crippen molar-refractivity contribution in [3.8, 4) is 11.6 Å². The van der Waals surface area contributed by atoms with Gasteiger partial charge in [-0.15, -0.1) is 10.2 Å². The van der Waals surface area contributed by atoms with Crippen molar-refractivity contribution in [3.63, 3.8) is 0 Å². The van der Waals surface area contributed by atoms with Crippen LogP contribution in [0, 0.1) is 0 Å². The van der Waals surface area contributed by atoms with E-state index in [9.17, 15) is 9.59 Å². The summed E-state index contributed by atoms with van der Waals surface area (Å²) in [5.41, 5.74) is 5.28. The first kappa shape index (κ1) is 17.5. The van der Waals surface area contributed by atoms with E-state index in [-0.39, 0.29) is 17.6 Å². The first-order valence-corrected chi connectivity index (χ1v) is 9.15. The maximum Gasteiger partial charge on any atom is 0.235 e. The molecule has 0 bridgehead atoms. The summed E-state index contributed by atoms with van der Waals surface area (Å²) >= 11 is 1.34. The molecule has 134 valence electrons. The predicted molar refractivity (Wildman–Crippen MR) is 92.7 cm³/mol. The Morgan fingerprint density at radius 1 is 1.36 bits per heavy atom. The quantitative estimate of drug-likeness (QED) is 0.747. The molecule has 1 aliphatic heterocycles. The number of nitrogens with zero attached hydrogens (tertiary/aromatic N) is 4. The van der Waals surface area contributed by atoms with Crippen LogP contribution in [-0.2, 0) is 16.1 Å². The number of hydrogen-bond donors (Lipinski definition) is 1. The first-order valence-electron chi connectivity index (χ1n) is 8.27. The van der Waals surface area contributed by atoms with Crippen molar-refractivity contribution >= 4 is 23.6 Å². The average molecular weight is 363 g/mol. The van der Waals surface area contributed by atoms with E-state index in [0.717, 1.165) is 25.9 Å². The zero-order chi connectivity index (χ0) is 17.8. The number of thioether (sulfide) groups is 1. The molecule has 1 saturated heterocycles. The Morgan fingerprint density at radius 3 is 2.76 bits per heavy atom. The van der Waals surface area contributed by atoms with Gasteiger partial charge in [0.15, 0.2) is 16.7 Å². The number of furan rings is 1. The molecule has 2 amide bonds. The Labute approximate surface area is 149 Å². The first-order chi connectivity index (χ1) is 12.1. The lowest BCUT2D eigenvalue weighted by Gasteiger charge is -2.19. The molecular formula is C16H21N5O3S. The standard InChI is InChI=1S/C16H21N5O3S/c1-11(15(23)20-7-2-3-8-20)25-16-19-18-14(12-5-4-10-24-12)21(16)9-6-13(17)22/h4-5,10-11H,2-3,6-9H2,1H3,(H2,17,22). The molecule has 25 heavy (non-hydrogen) atoms. The van der Waals surface area contributed by atoms with Gasteiger partial charge in [-0.25, -0.2) is 0 Å². The molecule has 0 spiro atoms. The summed E-state index contributed by atoms with van der Waals surface area (Å²) in [6.07, 6.45) is 3.82. The van der Waals surface area contributed by atoms with Crippen LogP contribution in [-0.4, -0.2) is 49.8 Å². The molecule has 3 rings (SSSR count). The van der Waals surface area contributed by atoms with E-state index in [1.165, 1.54) is 11.8 Å². The van der Waals surface area contributed by atoms with Gasteiger partial charge in [0, 0.05) is 26.1 Å². The second kappa shape index (κ2) is 7.73. The minimum Gasteiger partial charge on any atom is -0.461 e. The average Bonchev–Trinajstić information content (AvgIpc) is 3.33. The number of hydrogen-bond acceptors (Lipinski definition) is 6. The van der Waals surface area contributed by atoms with Crippen LogP contribution >= 0.6 is 11.8 Å². The molecule has 0 radical (unpaired) electrons. The molecule has 1 fully saturated rings. The van der Waals surface area contributed by atoms with Crippen LogP contribution in [0.4, 0.5) is 0 Å².